The normalized spacial score (nSPS) is 21.3. The molecule has 1 saturated carbocycles. The number of carbonyl (C=O) groups is 2. The maximum Gasteiger partial charge on any atom is 0.262 e. The lowest BCUT2D eigenvalue weighted by molar-refractivity contribution is -0.140. The molecule has 0 aromatic heterocycles. The van der Waals surface area contributed by atoms with E-state index in [1.165, 1.54) is 29.2 Å². The molecule has 31 heavy (non-hydrogen) atoms. The summed E-state index contributed by atoms with van der Waals surface area (Å²) < 4.78 is 41.9. The average molecular weight is 445 g/mol. The second-order valence-electron chi connectivity index (χ2n) is 8.42. The molecule has 4 rings (SSSR count). The quantitative estimate of drug-likeness (QED) is 0.709. The highest BCUT2D eigenvalue weighted by atomic mass is 32.2. The molecule has 6 nitrogen and oxygen atoms in total. The number of hydrogen-bond donors (Lipinski definition) is 1. The number of nitrogens with zero attached hydrogens (tertiary/aromatic N) is 1. The van der Waals surface area contributed by atoms with Crippen molar-refractivity contribution >= 4 is 27.5 Å². The molecule has 8 heteroatoms. The van der Waals surface area contributed by atoms with Gasteiger partial charge in [-0.3, -0.25) is 19.2 Å². The molecule has 2 fully saturated rings. The maximum absolute atomic E-state index is 13.4. The van der Waals surface area contributed by atoms with Crippen LogP contribution in [0.2, 0.25) is 0 Å². The van der Waals surface area contributed by atoms with E-state index in [-0.39, 0.29) is 35.1 Å². The summed E-state index contributed by atoms with van der Waals surface area (Å²) in [5, 5.41) is 0. The van der Waals surface area contributed by atoms with Crippen molar-refractivity contribution in [3.8, 4) is 0 Å². The molecule has 0 bridgehead atoms. The van der Waals surface area contributed by atoms with E-state index in [0.717, 1.165) is 25.7 Å². The zero-order valence-corrected chi connectivity index (χ0v) is 18.3. The van der Waals surface area contributed by atoms with Gasteiger partial charge in [-0.25, -0.2) is 12.8 Å². The van der Waals surface area contributed by atoms with Crippen LogP contribution in [0.4, 0.5) is 10.1 Å². The Labute approximate surface area is 181 Å². The van der Waals surface area contributed by atoms with E-state index in [2.05, 4.69) is 4.72 Å². The van der Waals surface area contributed by atoms with Gasteiger partial charge in [0, 0.05) is 0 Å². The number of halogens is 1. The standard InChI is InChI=1S/C23H25FN2O4S/c1-14-7-8-16(13-26-22(27)18-5-3-4-6-19(18)23(26)28)12-21(14)31(29,30)25-20-10-9-17(24)11-15(20)2/h7-12,18-19,25H,3-6,13H2,1-2H3/t18-,19+. The fraction of sp³-hybridized carbons (Fsp3) is 0.391. The van der Waals surface area contributed by atoms with Crippen LogP contribution in [-0.2, 0) is 26.2 Å². The van der Waals surface area contributed by atoms with Crippen molar-refractivity contribution in [2.45, 2.75) is 51.0 Å². The van der Waals surface area contributed by atoms with Crippen molar-refractivity contribution in [2.75, 3.05) is 4.72 Å². The molecule has 2 amide bonds. The molecule has 1 N–H and O–H groups in total. The monoisotopic (exact) mass is 444 g/mol. The number of nitrogens with one attached hydrogen (secondary N) is 1. The highest BCUT2D eigenvalue weighted by Crippen LogP contribution is 2.38. The van der Waals surface area contributed by atoms with Gasteiger partial charge in [-0.1, -0.05) is 25.0 Å². The van der Waals surface area contributed by atoms with Crippen molar-refractivity contribution < 1.29 is 22.4 Å². The molecule has 1 aliphatic carbocycles. The molecule has 0 unspecified atom stereocenters. The maximum atomic E-state index is 13.4. The Balaban J connectivity index is 1.60. The lowest BCUT2D eigenvalue weighted by Crippen LogP contribution is -2.30. The first-order valence-corrected chi connectivity index (χ1v) is 11.9. The number of likely N-dealkylation sites (tertiary alicyclic amines) is 1. The average Bonchev–Trinajstić information content (AvgIpc) is 2.96. The Morgan fingerprint density at radius 3 is 2.23 bits per heavy atom. The smallest absolute Gasteiger partial charge is 0.262 e. The molecular formula is C23H25FN2O4S. The molecule has 2 aromatic rings. The van der Waals surface area contributed by atoms with Crippen LogP contribution in [0.1, 0.15) is 42.4 Å². The lowest BCUT2D eigenvalue weighted by atomic mass is 9.81. The topological polar surface area (TPSA) is 83.6 Å². The van der Waals surface area contributed by atoms with Crippen LogP contribution in [0.15, 0.2) is 41.3 Å². The summed E-state index contributed by atoms with van der Waals surface area (Å²) in [6.45, 7) is 3.36. The van der Waals surface area contributed by atoms with Crippen LogP contribution < -0.4 is 4.72 Å². The minimum Gasteiger partial charge on any atom is -0.279 e. The van der Waals surface area contributed by atoms with Gasteiger partial charge >= 0.3 is 0 Å². The molecular weight excluding hydrogens is 419 g/mol. The lowest BCUT2D eigenvalue weighted by Gasteiger charge is -2.19. The number of benzene rings is 2. The zero-order valence-electron chi connectivity index (χ0n) is 17.5. The van der Waals surface area contributed by atoms with Crippen LogP contribution in [0, 0.1) is 31.5 Å². The highest BCUT2D eigenvalue weighted by Gasteiger charge is 2.47. The van der Waals surface area contributed by atoms with Gasteiger partial charge in [0.2, 0.25) is 11.8 Å². The third kappa shape index (κ3) is 4.08. The van der Waals surface area contributed by atoms with Crippen molar-refractivity contribution in [3.05, 3.63) is 58.9 Å². The molecule has 1 saturated heterocycles. The summed E-state index contributed by atoms with van der Waals surface area (Å²) in [6.07, 6.45) is 3.38. The number of hydrogen-bond acceptors (Lipinski definition) is 4. The molecule has 164 valence electrons. The number of sulfonamides is 1. The first-order valence-electron chi connectivity index (χ1n) is 10.4. The van der Waals surface area contributed by atoms with Gasteiger partial charge in [-0.15, -0.1) is 0 Å². The number of amides is 2. The van der Waals surface area contributed by atoms with Gasteiger partial charge in [0.1, 0.15) is 5.82 Å². The fourth-order valence-electron chi connectivity index (χ4n) is 4.54. The van der Waals surface area contributed by atoms with E-state index in [4.69, 9.17) is 0 Å². The van der Waals surface area contributed by atoms with Gasteiger partial charge in [0.05, 0.1) is 29.0 Å². The second-order valence-corrected chi connectivity index (χ2v) is 10.1. The van der Waals surface area contributed by atoms with Gasteiger partial charge in [-0.05, 0) is 67.6 Å². The first kappa shape index (κ1) is 21.5. The van der Waals surface area contributed by atoms with E-state index < -0.39 is 15.8 Å². The summed E-state index contributed by atoms with van der Waals surface area (Å²) in [5.41, 5.74) is 1.86. The van der Waals surface area contributed by atoms with E-state index in [0.29, 0.717) is 22.4 Å². The Morgan fingerprint density at radius 1 is 0.968 bits per heavy atom. The number of aryl methyl sites for hydroxylation is 2. The zero-order chi connectivity index (χ0) is 22.3. The Morgan fingerprint density at radius 2 is 1.61 bits per heavy atom. The molecule has 2 aromatic carbocycles. The van der Waals surface area contributed by atoms with Crippen molar-refractivity contribution in [2.24, 2.45) is 11.8 Å². The van der Waals surface area contributed by atoms with E-state index in [1.807, 2.05) is 0 Å². The molecule has 1 aliphatic heterocycles. The third-order valence-corrected chi connectivity index (χ3v) is 7.76. The number of fused-ring (bicyclic) bond motifs is 1. The molecule has 2 aliphatic rings. The van der Waals surface area contributed by atoms with Crippen LogP contribution >= 0.6 is 0 Å². The Bertz CT molecular complexity index is 1140. The molecule has 1 heterocycles. The predicted molar refractivity (Wildman–Crippen MR) is 114 cm³/mol. The molecule has 0 spiro atoms. The van der Waals surface area contributed by atoms with Crippen molar-refractivity contribution in [1.29, 1.82) is 0 Å². The molecule has 0 radical (unpaired) electrons. The highest BCUT2D eigenvalue weighted by molar-refractivity contribution is 7.92. The van der Waals surface area contributed by atoms with Gasteiger partial charge in [0.15, 0.2) is 0 Å². The summed E-state index contributed by atoms with van der Waals surface area (Å²) in [6, 6.07) is 8.73. The predicted octanol–water partition coefficient (Wildman–Crippen LogP) is 3.92. The third-order valence-electron chi connectivity index (χ3n) is 6.25. The van der Waals surface area contributed by atoms with Crippen LogP contribution in [0.3, 0.4) is 0 Å². The number of rotatable bonds is 5. The number of anilines is 1. The largest absolute Gasteiger partial charge is 0.279 e. The van der Waals surface area contributed by atoms with E-state index in [9.17, 15) is 22.4 Å². The van der Waals surface area contributed by atoms with Crippen LogP contribution in [-0.4, -0.2) is 25.1 Å². The summed E-state index contributed by atoms with van der Waals surface area (Å²) >= 11 is 0. The number of carbonyl (C=O) groups excluding carboxylic acids is 2. The summed E-state index contributed by atoms with van der Waals surface area (Å²) in [7, 11) is -3.94. The Hall–Kier alpha value is -2.74. The Kier molecular flexibility index (Phi) is 5.60. The second kappa shape index (κ2) is 8.07. The van der Waals surface area contributed by atoms with Crippen LogP contribution in [0.5, 0.6) is 0 Å². The SMILES string of the molecule is Cc1cc(F)ccc1NS(=O)(=O)c1cc(CN2C(=O)[C@H]3CCCC[C@H]3C2=O)ccc1C. The van der Waals surface area contributed by atoms with Gasteiger partial charge < -0.3 is 0 Å². The minimum atomic E-state index is -3.94. The van der Waals surface area contributed by atoms with E-state index >= 15 is 0 Å². The van der Waals surface area contributed by atoms with Gasteiger partial charge in [-0.2, -0.15) is 0 Å². The fourth-order valence-corrected chi connectivity index (χ4v) is 5.97. The first-order chi connectivity index (χ1) is 14.7. The van der Waals surface area contributed by atoms with Gasteiger partial charge in [0.25, 0.3) is 10.0 Å². The number of imide groups is 1. The van der Waals surface area contributed by atoms with E-state index in [1.54, 1.807) is 26.0 Å². The summed E-state index contributed by atoms with van der Waals surface area (Å²) in [4.78, 5) is 26.8. The molecule has 2 atom stereocenters. The van der Waals surface area contributed by atoms with Crippen molar-refractivity contribution in [1.82, 2.24) is 4.90 Å². The van der Waals surface area contributed by atoms with Crippen molar-refractivity contribution in [3.63, 3.8) is 0 Å². The van der Waals surface area contributed by atoms with Crippen LogP contribution in [0.25, 0.3) is 0 Å². The summed E-state index contributed by atoms with van der Waals surface area (Å²) in [5.74, 6) is -1.23. The minimum absolute atomic E-state index is 0.0586.